The van der Waals surface area contributed by atoms with Crippen LogP contribution in [0.4, 0.5) is 0 Å². The maximum atomic E-state index is 5.88. The molecule has 1 aliphatic rings. The lowest BCUT2D eigenvalue weighted by molar-refractivity contribution is 0.376. The zero-order chi connectivity index (χ0) is 17.5. The molecular weight excluding hydrogens is 324 g/mol. The third kappa shape index (κ3) is 5.25. The zero-order valence-electron chi connectivity index (χ0n) is 14.8. The van der Waals surface area contributed by atoms with Gasteiger partial charge in [0.25, 0.3) is 0 Å². The van der Waals surface area contributed by atoms with Crippen molar-refractivity contribution in [2.75, 3.05) is 0 Å². The monoisotopic (exact) mass is 348 g/mol. The molecule has 25 heavy (non-hydrogen) atoms. The fraction of sp³-hybridized carbons (Fsp3) is 0.333. The largest absolute Gasteiger partial charge is 0.0843 e. The first-order chi connectivity index (χ1) is 12.2. The van der Waals surface area contributed by atoms with Crippen LogP contribution in [-0.2, 0) is 6.42 Å². The molecule has 1 saturated carbocycles. The average Bonchev–Trinajstić information content (AvgIpc) is 2.67. The summed E-state index contributed by atoms with van der Waals surface area (Å²) >= 11 is 5.88. The van der Waals surface area contributed by atoms with Crippen molar-refractivity contribution in [3.05, 3.63) is 82.4 Å². The molecule has 0 atom stereocenters. The second-order valence-corrected chi connectivity index (χ2v) is 7.28. The van der Waals surface area contributed by atoms with Gasteiger partial charge in [0.1, 0.15) is 0 Å². The maximum Gasteiger partial charge on any atom is 0.0406 e. The predicted molar refractivity (Wildman–Crippen MR) is 108 cm³/mol. The normalized spacial score (nSPS) is 20.2. The fourth-order valence-corrected chi connectivity index (χ4v) is 3.64. The highest BCUT2D eigenvalue weighted by molar-refractivity contribution is 6.30. The Kier molecular flexibility index (Phi) is 6.37. The Bertz CT molecular complexity index is 748. The number of hydrogen-bond donors (Lipinski definition) is 0. The molecule has 0 aromatic heterocycles. The predicted octanol–water partition coefficient (Wildman–Crippen LogP) is 6.78. The average molecular weight is 349 g/mol. The Balaban J connectivity index is 1.49. The summed E-state index contributed by atoms with van der Waals surface area (Å²) in [6.07, 6.45) is 10.5. The smallest absolute Gasteiger partial charge is 0.0406 e. The summed E-state index contributed by atoms with van der Waals surface area (Å²) < 4.78 is 0. The second kappa shape index (κ2) is 8.93. The van der Waals surface area contributed by atoms with Crippen LogP contribution in [0.1, 0.15) is 55.2 Å². The molecule has 2 aromatic rings. The number of allylic oxidation sites excluding steroid dienone is 2. The number of hydrogen-bond acceptors (Lipinski definition) is 0. The summed E-state index contributed by atoms with van der Waals surface area (Å²) in [6, 6.07) is 16.9. The molecule has 2 aromatic carbocycles. The highest BCUT2D eigenvalue weighted by Crippen LogP contribution is 2.36. The summed E-state index contributed by atoms with van der Waals surface area (Å²) in [4.78, 5) is 0. The molecule has 128 valence electrons. The topological polar surface area (TPSA) is 0 Å². The number of rotatable bonds is 3. The fourth-order valence-electron chi connectivity index (χ4n) is 3.51. The van der Waals surface area contributed by atoms with E-state index in [-0.39, 0.29) is 0 Å². The van der Waals surface area contributed by atoms with Gasteiger partial charge in [-0.05, 0) is 85.4 Å². The van der Waals surface area contributed by atoms with Crippen molar-refractivity contribution in [3.8, 4) is 11.8 Å². The highest BCUT2D eigenvalue weighted by atomic mass is 35.5. The minimum Gasteiger partial charge on any atom is -0.0843 e. The molecule has 0 saturated heterocycles. The van der Waals surface area contributed by atoms with Crippen LogP contribution in [0.3, 0.4) is 0 Å². The van der Waals surface area contributed by atoms with Gasteiger partial charge in [0.2, 0.25) is 0 Å². The lowest BCUT2D eigenvalue weighted by Gasteiger charge is -2.27. The van der Waals surface area contributed by atoms with E-state index in [4.69, 9.17) is 11.6 Å². The Morgan fingerprint density at radius 3 is 2.28 bits per heavy atom. The molecule has 1 fully saturated rings. The van der Waals surface area contributed by atoms with E-state index in [1.807, 2.05) is 30.3 Å². The van der Waals surface area contributed by atoms with Gasteiger partial charge in [-0.3, -0.25) is 0 Å². The summed E-state index contributed by atoms with van der Waals surface area (Å²) in [7, 11) is 0. The van der Waals surface area contributed by atoms with Crippen LogP contribution in [0, 0.1) is 17.8 Å². The highest BCUT2D eigenvalue weighted by Gasteiger charge is 2.20. The van der Waals surface area contributed by atoms with Crippen LogP contribution in [0.15, 0.2) is 60.7 Å². The molecule has 0 nitrogen and oxygen atoms in total. The standard InChI is InChI=1S/C24H25Cl/c1-2-19-7-13-22(14-8-19)23-15-9-20(10-16-23)5-3-4-6-21-11-17-24(25)18-12-21/h3,5,7-8,11-14,17-18,20,23H,2,9-10,15-16H2,1H3/b5-3+. The van der Waals surface area contributed by atoms with E-state index in [2.05, 4.69) is 49.1 Å². The van der Waals surface area contributed by atoms with Crippen molar-refractivity contribution in [2.24, 2.45) is 5.92 Å². The summed E-state index contributed by atoms with van der Waals surface area (Å²) in [5.41, 5.74) is 3.95. The maximum absolute atomic E-state index is 5.88. The lowest BCUT2D eigenvalue weighted by Crippen LogP contribution is -2.11. The van der Waals surface area contributed by atoms with Gasteiger partial charge in [-0.1, -0.05) is 60.7 Å². The molecule has 1 heteroatoms. The van der Waals surface area contributed by atoms with Gasteiger partial charge in [-0.15, -0.1) is 0 Å². The summed E-state index contributed by atoms with van der Waals surface area (Å²) in [5.74, 6) is 7.72. The van der Waals surface area contributed by atoms with Crippen molar-refractivity contribution in [1.82, 2.24) is 0 Å². The van der Waals surface area contributed by atoms with Crippen LogP contribution in [0.5, 0.6) is 0 Å². The minimum absolute atomic E-state index is 0.672. The molecule has 0 amide bonds. The van der Waals surface area contributed by atoms with Gasteiger partial charge in [-0.25, -0.2) is 0 Å². The Hall–Kier alpha value is -1.97. The molecule has 0 heterocycles. The lowest BCUT2D eigenvalue weighted by atomic mass is 9.78. The van der Waals surface area contributed by atoms with E-state index < -0.39 is 0 Å². The molecule has 0 spiro atoms. The molecule has 0 radical (unpaired) electrons. The molecule has 3 rings (SSSR count). The molecule has 0 aliphatic heterocycles. The molecule has 1 aliphatic carbocycles. The van der Waals surface area contributed by atoms with Crippen LogP contribution >= 0.6 is 11.6 Å². The first-order valence-electron chi connectivity index (χ1n) is 9.27. The number of halogens is 1. The summed E-state index contributed by atoms with van der Waals surface area (Å²) in [6.45, 7) is 2.21. The van der Waals surface area contributed by atoms with Crippen molar-refractivity contribution in [3.63, 3.8) is 0 Å². The Morgan fingerprint density at radius 2 is 1.64 bits per heavy atom. The van der Waals surface area contributed by atoms with Gasteiger partial charge in [0, 0.05) is 10.6 Å². The van der Waals surface area contributed by atoms with Gasteiger partial charge in [-0.2, -0.15) is 0 Å². The third-order valence-electron chi connectivity index (χ3n) is 5.14. The van der Waals surface area contributed by atoms with Crippen molar-refractivity contribution >= 4 is 11.6 Å². The van der Waals surface area contributed by atoms with E-state index in [0.29, 0.717) is 5.92 Å². The third-order valence-corrected chi connectivity index (χ3v) is 5.40. The van der Waals surface area contributed by atoms with E-state index in [1.54, 1.807) is 0 Å². The summed E-state index contributed by atoms with van der Waals surface area (Å²) in [5, 5.41) is 0.752. The molecular formula is C24H25Cl. The van der Waals surface area contributed by atoms with Crippen LogP contribution < -0.4 is 0 Å². The van der Waals surface area contributed by atoms with Crippen LogP contribution in [0.2, 0.25) is 5.02 Å². The second-order valence-electron chi connectivity index (χ2n) is 6.84. The Morgan fingerprint density at radius 1 is 0.960 bits per heavy atom. The number of benzene rings is 2. The minimum atomic E-state index is 0.672. The van der Waals surface area contributed by atoms with Crippen molar-refractivity contribution in [2.45, 2.75) is 44.9 Å². The zero-order valence-corrected chi connectivity index (χ0v) is 15.6. The first kappa shape index (κ1) is 17.8. The Labute approximate surface area is 156 Å². The van der Waals surface area contributed by atoms with E-state index in [1.165, 1.54) is 36.8 Å². The molecule has 0 unspecified atom stereocenters. The van der Waals surface area contributed by atoms with Gasteiger partial charge in [0.15, 0.2) is 0 Å². The SMILES string of the molecule is CCc1ccc(C2CCC(/C=C/C#Cc3ccc(Cl)cc3)CC2)cc1. The van der Waals surface area contributed by atoms with E-state index >= 15 is 0 Å². The first-order valence-corrected chi connectivity index (χ1v) is 9.65. The van der Waals surface area contributed by atoms with Crippen molar-refractivity contribution < 1.29 is 0 Å². The van der Waals surface area contributed by atoms with E-state index in [9.17, 15) is 0 Å². The van der Waals surface area contributed by atoms with Crippen molar-refractivity contribution in [1.29, 1.82) is 0 Å². The van der Waals surface area contributed by atoms with E-state index in [0.717, 1.165) is 22.9 Å². The van der Waals surface area contributed by atoms with Crippen LogP contribution in [0.25, 0.3) is 0 Å². The quantitative estimate of drug-likeness (QED) is 0.536. The molecule has 0 N–H and O–H groups in total. The van der Waals surface area contributed by atoms with Gasteiger partial charge in [0.05, 0.1) is 0 Å². The van der Waals surface area contributed by atoms with Crippen LogP contribution in [-0.4, -0.2) is 0 Å². The number of aryl methyl sites for hydroxylation is 1. The van der Waals surface area contributed by atoms with Gasteiger partial charge >= 0.3 is 0 Å². The van der Waals surface area contributed by atoms with Gasteiger partial charge < -0.3 is 0 Å². The molecule has 0 bridgehead atoms.